The number of nitrogen functional groups attached to an aromatic ring is 1. The molecule has 0 aliphatic heterocycles. The molecule has 0 saturated carbocycles. The molecule has 0 radical (unpaired) electrons. The molecule has 2 rings (SSSR count). The number of nitrogens with two attached hydrogens (primary N) is 1. The van der Waals surface area contributed by atoms with Crippen molar-refractivity contribution in [2.75, 3.05) is 5.73 Å². The quantitative estimate of drug-likeness (QED) is 0.843. The summed E-state index contributed by atoms with van der Waals surface area (Å²) in [5.41, 5.74) is 6.75. The van der Waals surface area contributed by atoms with Crippen LogP contribution in [-0.2, 0) is 16.6 Å². The summed E-state index contributed by atoms with van der Waals surface area (Å²) in [6, 6.07) is 7.74. The van der Waals surface area contributed by atoms with E-state index >= 15 is 0 Å². The molecule has 0 spiro atoms. The Labute approximate surface area is 116 Å². The van der Waals surface area contributed by atoms with Gasteiger partial charge in [0, 0.05) is 24.6 Å². The predicted molar refractivity (Wildman–Crippen MR) is 74.1 cm³/mol. The lowest BCUT2D eigenvalue weighted by Gasteiger charge is -2.08. The van der Waals surface area contributed by atoms with Gasteiger partial charge in [-0.3, -0.25) is 4.98 Å². The third kappa shape index (κ3) is 3.44. The van der Waals surface area contributed by atoms with Gasteiger partial charge in [-0.05, 0) is 35.9 Å². The van der Waals surface area contributed by atoms with E-state index in [1.54, 1.807) is 24.5 Å². The van der Waals surface area contributed by atoms with Gasteiger partial charge in [-0.2, -0.15) is 0 Å². The van der Waals surface area contributed by atoms with Crippen LogP contribution in [0.1, 0.15) is 5.56 Å². The highest BCUT2D eigenvalue weighted by Crippen LogP contribution is 2.23. The van der Waals surface area contributed by atoms with Crippen LogP contribution in [0.25, 0.3) is 0 Å². The number of aromatic nitrogens is 1. The first kappa shape index (κ1) is 13.8. The predicted octanol–water partition coefficient (Wildman–Crippen LogP) is 1.80. The number of halogens is 1. The number of rotatable bonds is 4. The lowest BCUT2D eigenvalue weighted by atomic mass is 10.3. The Kier molecular flexibility index (Phi) is 4.04. The lowest BCUT2D eigenvalue weighted by Crippen LogP contribution is -2.23. The van der Waals surface area contributed by atoms with Crippen LogP contribution in [0.15, 0.2) is 47.6 Å². The van der Waals surface area contributed by atoms with Crippen molar-refractivity contribution in [2.45, 2.75) is 11.4 Å². The molecule has 1 heterocycles. The number of nitrogens with zero attached hydrogens (tertiary/aromatic N) is 1. The van der Waals surface area contributed by atoms with E-state index in [1.807, 2.05) is 0 Å². The van der Waals surface area contributed by atoms with E-state index in [1.165, 1.54) is 18.2 Å². The van der Waals surface area contributed by atoms with E-state index in [2.05, 4.69) is 9.71 Å². The molecule has 0 saturated heterocycles. The summed E-state index contributed by atoms with van der Waals surface area (Å²) in [4.78, 5) is 3.87. The monoisotopic (exact) mass is 297 g/mol. The smallest absolute Gasteiger partial charge is 0.242 e. The fourth-order valence-corrected chi connectivity index (χ4v) is 3.06. The first-order valence-corrected chi connectivity index (χ1v) is 7.29. The van der Waals surface area contributed by atoms with Gasteiger partial charge in [-0.1, -0.05) is 11.6 Å². The largest absolute Gasteiger partial charge is 0.399 e. The van der Waals surface area contributed by atoms with Crippen LogP contribution in [-0.4, -0.2) is 13.4 Å². The highest BCUT2D eigenvalue weighted by atomic mass is 35.5. The molecule has 3 N–H and O–H groups in total. The molecule has 1 aromatic carbocycles. The maximum atomic E-state index is 12.1. The molecule has 0 aliphatic carbocycles. The summed E-state index contributed by atoms with van der Waals surface area (Å²) in [6.07, 6.45) is 3.19. The summed E-state index contributed by atoms with van der Waals surface area (Å²) in [6.45, 7) is 0.172. The highest BCUT2D eigenvalue weighted by Gasteiger charge is 2.17. The van der Waals surface area contributed by atoms with Crippen LogP contribution in [0.5, 0.6) is 0 Å². The maximum absolute atomic E-state index is 12.1. The summed E-state index contributed by atoms with van der Waals surface area (Å²) >= 11 is 5.89. The molecule has 2 aromatic rings. The van der Waals surface area contributed by atoms with Crippen molar-refractivity contribution in [3.63, 3.8) is 0 Å². The van der Waals surface area contributed by atoms with Gasteiger partial charge in [0.15, 0.2) is 0 Å². The Morgan fingerprint density at radius 2 is 1.89 bits per heavy atom. The van der Waals surface area contributed by atoms with Gasteiger partial charge in [0.2, 0.25) is 10.0 Å². The number of sulfonamides is 1. The number of hydrogen-bond acceptors (Lipinski definition) is 4. The standard InChI is InChI=1S/C12H12ClN3O2S/c13-11-7-10(14)1-2-12(11)19(17,18)16-8-9-3-5-15-6-4-9/h1-7,16H,8,14H2. The minimum absolute atomic E-state index is 0.0115. The van der Waals surface area contributed by atoms with E-state index in [-0.39, 0.29) is 16.5 Å². The fraction of sp³-hybridized carbons (Fsp3) is 0.0833. The number of benzene rings is 1. The van der Waals surface area contributed by atoms with Gasteiger partial charge in [0.1, 0.15) is 4.90 Å². The van der Waals surface area contributed by atoms with E-state index in [0.717, 1.165) is 5.56 Å². The Morgan fingerprint density at radius 3 is 2.53 bits per heavy atom. The van der Waals surface area contributed by atoms with Gasteiger partial charge < -0.3 is 5.73 Å². The zero-order valence-electron chi connectivity index (χ0n) is 9.88. The zero-order chi connectivity index (χ0) is 13.9. The molecule has 0 aliphatic rings. The molecule has 0 amide bonds. The number of pyridine rings is 1. The minimum Gasteiger partial charge on any atom is -0.399 e. The summed E-state index contributed by atoms with van der Waals surface area (Å²) < 4.78 is 26.6. The van der Waals surface area contributed by atoms with Gasteiger partial charge >= 0.3 is 0 Å². The molecular formula is C12H12ClN3O2S. The molecule has 0 atom stereocenters. The van der Waals surface area contributed by atoms with Crippen molar-refractivity contribution in [1.29, 1.82) is 0 Å². The van der Waals surface area contributed by atoms with E-state index in [9.17, 15) is 8.42 Å². The average molecular weight is 298 g/mol. The van der Waals surface area contributed by atoms with Crippen LogP contribution < -0.4 is 10.5 Å². The zero-order valence-corrected chi connectivity index (χ0v) is 11.4. The number of hydrogen-bond donors (Lipinski definition) is 2. The van der Waals surface area contributed by atoms with Gasteiger partial charge in [-0.25, -0.2) is 13.1 Å². The lowest BCUT2D eigenvalue weighted by molar-refractivity contribution is 0.581. The number of nitrogens with one attached hydrogen (secondary N) is 1. The van der Waals surface area contributed by atoms with Crippen LogP contribution in [0.3, 0.4) is 0 Å². The first-order chi connectivity index (χ1) is 8.99. The van der Waals surface area contributed by atoms with Crippen LogP contribution >= 0.6 is 11.6 Å². The summed E-state index contributed by atoms with van der Waals surface area (Å²) in [5.74, 6) is 0. The second-order valence-corrected chi connectivity index (χ2v) is 6.01. The molecule has 1 aromatic heterocycles. The third-order valence-electron chi connectivity index (χ3n) is 2.46. The molecule has 0 fully saturated rings. The normalized spacial score (nSPS) is 11.4. The van der Waals surface area contributed by atoms with Gasteiger partial charge in [0.05, 0.1) is 5.02 Å². The molecule has 0 unspecified atom stereocenters. The first-order valence-electron chi connectivity index (χ1n) is 5.42. The molecule has 7 heteroatoms. The summed E-state index contributed by atoms with van der Waals surface area (Å²) in [7, 11) is -3.66. The minimum atomic E-state index is -3.66. The Hall–Kier alpha value is -1.63. The van der Waals surface area contributed by atoms with Crippen molar-refractivity contribution in [1.82, 2.24) is 9.71 Å². The second-order valence-electron chi connectivity index (χ2n) is 3.87. The van der Waals surface area contributed by atoms with Crippen molar-refractivity contribution >= 4 is 27.3 Å². The van der Waals surface area contributed by atoms with Gasteiger partial charge in [0.25, 0.3) is 0 Å². The topological polar surface area (TPSA) is 85.1 Å². The maximum Gasteiger partial charge on any atom is 0.242 e. The molecular weight excluding hydrogens is 286 g/mol. The highest BCUT2D eigenvalue weighted by molar-refractivity contribution is 7.89. The van der Waals surface area contributed by atoms with Crippen LogP contribution in [0.2, 0.25) is 5.02 Å². The van der Waals surface area contributed by atoms with Gasteiger partial charge in [-0.15, -0.1) is 0 Å². The van der Waals surface area contributed by atoms with Crippen molar-refractivity contribution in [3.8, 4) is 0 Å². The number of anilines is 1. The fourth-order valence-electron chi connectivity index (χ4n) is 1.49. The molecule has 100 valence electrons. The Bertz CT molecular complexity index is 675. The third-order valence-corrected chi connectivity index (χ3v) is 4.35. The Balaban J connectivity index is 2.19. The van der Waals surface area contributed by atoms with Crippen molar-refractivity contribution in [3.05, 3.63) is 53.3 Å². The second kappa shape index (κ2) is 5.56. The van der Waals surface area contributed by atoms with E-state index in [4.69, 9.17) is 17.3 Å². The Morgan fingerprint density at radius 1 is 1.21 bits per heavy atom. The average Bonchev–Trinajstić information content (AvgIpc) is 2.37. The van der Waals surface area contributed by atoms with Crippen molar-refractivity contribution < 1.29 is 8.42 Å². The SMILES string of the molecule is Nc1ccc(S(=O)(=O)NCc2ccncc2)c(Cl)c1. The van der Waals surface area contributed by atoms with E-state index < -0.39 is 10.0 Å². The molecule has 19 heavy (non-hydrogen) atoms. The molecule has 0 bridgehead atoms. The summed E-state index contributed by atoms with van der Waals surface area (Å²) in [5, 5.41) is 0.0993. The van der Waals surface area contributed by atoms with Crippen molar-refractivity contribution in [2.24, 2.45) is 0 Å². The van der Waals surface area contributed by atoms with E-state index in [0.29, 0.717) is 5.69 Å². The van der Waals surface area contributed by atoms with Crippen LogP contribution in [0.4, 0.5) is 5.69 Å². The molecule has 5 nitrogen and oxygen atoms in total. The van der Waals surface area contributed by atoms with Crippen LogP contribution in [0, 0.1) is 0 Å².